The summed E-state index contributed by atoms with van der Waals surface area (Å²) in [4.78, 5) is 12.8. The van der Waals surface area contributed by atoms with Crippen LogP contribution in [0.15, 0.2) is 18.2 Å². The highest BCUT2D eigenvalue weighted by atomic mass is 79.9. The molecule has 1 aromatic carbocycles. The molecular weight excluding hydrogens is 354 g/mol. The zero-order chi connectivity index (χ0) is 15.2. The van der Waals surface area contributed by atoms with Gasteiger partial charge in [0.05, 0.1) is 12.3 Å². The largest absolute Gasteiger partial charge is 0.494 e. The molecule has 1 aromatic heterocycles. The highest BCUT2D eigenvalue weighted by Crippen LogP contribution is 2.25. The smallest absolute Gasteiger partial charge is 0.269 e. The molecule has 1 amide bonds. The second-order valence-corrected chi connectivity index (χ2v) is 5.56. The summed E-state index contributed by atoms with van der Waals surface area (Å²) < 4.78 is 9.37. The molecular formula is C14H16BrN3O2S. The Hall–Kier alpha value is -1.47. The van der Waals surface area contributed by atoms with Gasteiger partial charge in [-0.05, 0) is 43.1 Å². The highest BCUT2D eigenvalue weighted by molar-refractivity contribution is 9.08. The summed E-state index contributed by atoms with van der Waals surface area (Å²) in [6.07, 6.45) is 0.690. The van der Waals surface area contributed by atoms with E-state index in [4.69, 9.17) is 4.74 Å². The number of rotatable bonds is 6. The predicted octanol–water partition coefficient (Wildman–Crippen LogP) is 3.65. The third kappa shape index (κ3) is 3.79. The van der Waals surface area contributed by atoms with E-state index in [1.807, 2.05) is 32.0 Å². The van der Waals surface area contributed by atoms with Gasteiger partial charge in [0.2, 0.25) is 0 Å². The molecule has 0 saturated carbocycles. The zero-order valence-electron chi connectivity index (χ0n) is 11.9. The number of aromatic nitrogens is 2. The molecule has 0 aliphatic rings. The molecule has 5 nitrogen and oxygen atoms in total. The summed E-state index contributed by atoms with van der Waals surface area (Å²) in [5, 5.41) is 7.49. The second-order valence-electron chi connectivity index (χ2n) is 4.25. The van der Waals surface area contributed by atoms with Gasteiger partial charge < -0.3 is 10.1 Å². The first-order valence-electron chi connectivity index (χ1n) is 6.63. The van der Waals surface area contributed by atoms with Crippen LogP contribution >= 0.6 is 27.5 Å². The number of alkyl halides is 1. The topological polar surface area (TPSA) is 64.1 Å². The van der Waals surface area contributed by atoms with Gasteiger partial charge in [-0.25, -0.2) is 0 Å². The number of aryl methyl sites for hydroxylation is 1. The number of hydrogen-bond acceptors (Lipinski definition) is 5. The molecule has 0 aliphatic heterocycles. The van der Waals surface area contributed by atoms with Crippen LogP contribution in [0.3, 0.4) is 0 Å². The minimum absolute atomic E-state index is 0.175. The first-order valence-corrected chi connectivity index (χ1v) is 8.53. The fourth-order valence-electron chi connectivity index (χ4n) is 1.86. The normalized spacial score (nSPS) is 10.4. The maximum atomic E-state index is 12.2. The molecule has 0 fully saturated rings. The Morgan fingerprint density at radius 1 is 1.43 bits per heavy atom. The minimum Gasteiger partial charge on any atom is -0.494 e. The van der Waals surface area contributed by atoms with Crippen molar-refractivity contribution >= 4 is 39.1 Å². The molecule has 0 radical (unpaired) electrons. The fraction of sp³-hybridized carbons (Fsp3) is 0.357. The summed E-state index contributed by atoms with van der Waals surface area (Å²) in [5.74, 6) is 0.646. The number of nitrogens with one attached hydrogen (secondary N) is 1. The van der Waals surface area contributed by atoms with Crippen molar-refractivity contribution in [3.63, 3.8) is 0 Å². The Bertz CT molecular complexity index is 630. The molecule has 1 heterocycles. The molecule has 0 unspecified atom stereocenters. The maximum Gasteiger partial charge on any atom is 0.269 e. The molecule has 7 heteroatoms. The van der Waals surface area contributed by atoms with E-state index in [2.05, 4.69) is 30.8 Å². The van der Waals surface area contributed by atoms with E-state index in [1.54, 1.807) is 0 Å². The third-order valence-corrected chi connectivity index (χ3v) is 4.23. The molecule has 0 aliphatic carbocycles. The molecule has 112 valence electrons. The number of carbonyl (C=O) groups is 1. The Balaban J connectivity index is 2.18. The van der Waals surface area contributed by atoms with Gasteiger partial charge in [0, 0.05) is 16.6 Å². The van der Waals surface area contributed by atoms with Crippen molar-refractivity contribution in [3.05, 3.63) is 34.3 Å². The van der Waals surface area contributed by atoms with Crippen molar-refractivity contribution in [2.45, 2.75) is 25.6 Å². The average molecular weight is 370 g/mol. The van der Waals surface area contributed by atoms with Crippen LogP contribution in [0.5, 0.6) is 5.75 Å². The number of hydrogen-bond donors (Lipinski definition) is 1. The van der Waals surface area contributed by atoms with Crippen molar-refractivity contribution < 1.29 is 9.53 Å². The van der Waals surface area contributed by atoms with Gasteiger partial charge in [0.15, 0.2) is 0 Å². The molecule has 2 aromatic rings. The summed E-state index contributed by atoms with van der Waals surface area (Å²) in [6.45, 7) is 4.50. The van der Waals surface area contributed by atoms with Crippen LogP contribution in [0, 0.1) is 0 Å². The quantitative estimate of drug-likeness (QED) is 0.789. The number of nitrogens with zero attached hydrogens (tertiary/aromatic N) is 2. The molecule has 0 atom stereocenters. The van der Waals surface area contributed by atoms with Gasteiger partial charge in [-0.3, -0.25) is 4.79 Å². The van der Waals surface area contributed by atoms with Gasteiger partial charge in [0.1, 0.15) is 10.6 Å². The minimum atomic E-state index is -0.175. The third-order valence-electron chi connectivity index (χ3n) is 2.86. The first kappa shape index (κ1) is 15.9. The van der Waals surface area contributed by atoms with Gasteiger partial charge in [-0.2, -0.15) is 0 Å². The molecule has 2 rings (SSSR count). The summed E-state index contributed by atoms with van der Waals surface area (Å²) >= 11 is 4.55. The van der Waals surface area contributed by atoms with E-state index < -0.39 is 0 Å². The van der Waals surface area contributed by atoms with Gasteiger partial charge in [-0.15, -0.1) is 5.10 Å². The van der Waals surface area contributed by atoms with Crippen molar-refractivity contribution in [2.24, 2.45) is 0 Å². The van der Waals surface area contributed by atoms with E-state index in [1.165, 1.54) is 0 Å². The molecule has 21 heavy (non-hydrogen) atoms. The monoisotopic (exact) mass is 369 g/mol. The molecule has 0 bridgehead atoms. The van der Waals surface area contributed by atoms with Gasteiger partial charge in [-0.1, -0.05) is 27.3 Å². The second kappa shape index (κ2) is 7.51. The van der Waals surface area contributed by atoms with Gasteiger partial charge >= 0.3 is 0 Å². The Morgan fingerprint density at radius 2 is 2.24 bits per heavy atom. The number of ether oxygens (including phenoxy) is 1. The number of amides is 1. The Morgan fingerprint density at radius 3 is 2.90 bits per heavy atom. The van der Waals surface area contributed by atoms with Crippen molar-refractivity contribution in [2.75, 3.05) is 11.9 Å². The lowest BCUT2D eigenvalue weighted by atomic mass is 10.2. The van der Waals surface area contributed by atoms with Crippen LogP contribution in [-0.2, 0) is 11.8 Å². The van der Waals surface area contributed by atoms with Crippen LogP contribution in [-0.4, -0.2) is 22.1 Å². The first-order chi connectivity index (χ1) is 10.2. The van der Waals surface area contributed by atoms with Crippen molar-refractivity contribution in [3.8, 4) is 5.75 Å². The van der Waals surface area contributed by atoms with Crippen LogP contribution < -0.4 is 10.1 Å². The number of benzene rings is 1. The standard InChI is InChI=1S/C14H16BrN3O2S/c1-3-11-13(21-18-17-11)14(19)16-10-5-6-12(20-4-2)9(7-10)8-15/h5-7H,3-4,8H2,1-2H3,(H,16,19). The number of halogens is 1. The fourth-order valence-corrected chi connectivity index (χ4v) is 2.94. The van der Waals surface area contributed by atoms with Crippen LogP contribution in [0.4, 0.5) is 5.69 Å². The lowest BCUT2D eigenvalue weighted by Gasteiger charge is -2.11. The van der Waals surface area contributed by atoms with Crippen LogP contribution in [0.2, 0.25) is 0 Å². The van der Waals surface area contributed by atoms with Crippen LogP contribution in [0.25, 0.3) is 0 Å². The Kier molecular flexibility index (Phi) is 5.69. The summed E-state index contributed by atoms with van der Waals surface area (Å²) in [5.41, 5.74) is 2.45. The van der Waals surface area contributed by atoms with E-state index in [0.29, 0.717) is 23.2 Å². The SMILES string of the molecule is CCOc1ccc(NC(=O)c2snnc2CC)cc1CBr. The lowest BCUT2D eigenvalue weighted by Crippen LogP contribution is -2.12. The number of anilines is 1. The summed E-state index contributed by atoms with van der Waals surface area (Å²) in [7, 11) is 0. The zero-order valence-corrected chi connectivity index (χ0v) is 14.3. The number of carbonyl (C=O) groups excluding carboxylic acids is 1. The Labute approximate surface area is 136 Å². The average Bonchev–Trinajstić information content (AvgIpc) is 2.97. The highest BCUT2D eigenvalue weighted by Gasteiger charge is 2.15. The lowest BCUT2D eigenvalue weighted by molar-refractivity contribution is 0.102. The van der Waals surface area contributed by atoms with E-state index >= 15 is 0 Å². The van der Waals surface area contributed by atoms with E-state index in [-0.39, 0.29) is 5.91 Å². The van der Waals surface area contributed by atoms with E-state index in [0.717, 1.165) is 34.2 Å². The van der Waals surface area contributed by atoms with Crippen LogP contribution in [0.1, 0.15) is 34.8 Å². The molecule has 0 saturated heterocycles. The van der Waals surface area contributed by atoms with E-state index in [9.17, 15) is 4.79 Å². The van der Waals surface area contributed by atoms with Crippen molar-refractivity contribution in [1.82, 2.24) is 9.59 Å². The molecule has 1 N–H and O–H groups in total. The maximum absolute atomic E-state index is 12.2. The predicted molar refractivity (Wildman–Crippen MR) is 87.5 cm³/mol. The van der Waals surface area contributed by atoms with Crippen molar-refractivity contribution in [1.29, 1.82) is 0 Å². The molecule has 0 spiro atoms. The van der Waals surface area contributed by atoms with Gasteiger partial charge in [0.25, 0.3) is 5.91 Å². The summed E-state index contributed by atoms with van der Waals surface area (Å²) in [6, 6.07) is 5.59.